The molecule has 104 valence electrons. The molecule has 1 saturated heterocycles. The molecule has 1 aliphatic heterocycles. The third-order valence-electron chi connectivity index (χ3n) is 2.77. The molecule has 1 unspecified atom stereocenters. The molecule has 0 aliphatic carbocycles. The molecule has 0 amide bonds. The Hall–Kier alpha value is -1.74. The van der Waals surface area contributed by atoms with Gasteiger partial charge in [0.2, 0.25) is 0 Å². The van der Waals surface area contributed by atoms with Gasteiger partial charge < -0.3 is 24.8 Å². The lowest BCUT2D eigenvalue weighted by atomic mass is 10.1. The third kappa shape index (κ3) is 2.99. The van der Waals surface area contributed by atoms with E-state index in [2.05, 4.69) is 0 Å². The van der Waals surface area contributed by atoms with Gasteiger partial charge in [-0.2, -0.15) is 0 Å². The predicted molar refractivity (Wildman–Crippen MR) is 61.5 cm³/mol. The van der Waals surface area contributed by atoms with Crippen LogP contribution in [-0.4, -0.2) is 51.5 Å². The first-order valence-electron chi connectivity index (χ1n) is 5.56. The Morgan fingerprint density at radius 1 is 1.26 bits per heavy atom. The SMILES string of the molecule is O=[N+]([O-])c1ccc(O[C@H]2C(O)OC[C@@H](O)[C@@H]2O)cc1. The number of nitro groups is 1. The normalized spacial score (nSPS) is 30.9. The number of hydrogen-bond donors (Lipinski definition) is 3. The fraction of sp³-hybridized carbons (Fsp3) is 0.455. The number of non-ortho nitro benzene ring substituents is 1. The maximum absolute atomic E-state index is 10.5. The Morgan fingerprint density at radius 2 is 1.89 bits per heavy atom. The third-order valence-corrected chi connectivity index (χ3v) is 2.77. The van der Waals surface area contributed by atoms with Gasteiger partial charge in [0, 0.05) is 12.1 Å². The van der Waals surface area contributed by atoms with Gasteiger partial charge in [-0.3, -0.25) is 10.1 Å². The monoisotopic (exact) mass is 271 g/mol. The van der Waals surface area contributed by atoms with Crippen molar-refractivity contribution in [2.24, 2.45) is 0 Å². The van der Waals surface area contributed by atoms with Crippen molar-refractivity contribution in [3.05, 3.63) is 34.4 Å². The molecule has 8 heteroatoms. The second-order valence-electron chi connectivity index (χ2n) is 4.12. The van der Waals surface area contributed by atoms with Crippen molar-refractivity contribution in [3.63, 3.8) is 0 Å². The molecule has 3 N–H and O–H groups in total. The van der Waals surface area contributed by atoms with Gasteiger partial charge in [-0.05, 0) is 12.1 Å². The largest absolute Gasteiger partial charge is 0.482 e. The number of aliphatic hydroxyl groups excluding tert-OH is 3. The average Bonchev–Trinajstić information content (AvgIpc) is 2.40. The van der Waals surface area contributed by atoms with E-state index in [1.54, 1.807) is 0 Å². The molecule has 8 nitrogen and oxygen atoms in total. The fourth-order valence-corrected chi connectivity index (χ4v) is 1.71. The topological polar surface area (TPSA) is 122 Å². The molecule has 1 fully saturated rings. The molecular formula is C11H13NO7. The maximum Gasteiger partial charge on any atom is 0.269 e. The van der Waals surface area contributed by atoms with Crippen LogP contribution in [0, 0.1) is 10.1 Å². The van der Waals surface area contributed by atoms with Crippen molar-refractivity contribution in [1.82, 2.24) is 0 Å². The summed E-state index contributed by atoms with van der Waals surface area (Å²) in [6, 6.07) is 5.12. The van der Waals surface area contributed by atoms with E-state index in [9.17, 15) is 25.4 Å². The van der Waals surface area contributed by atoms with Crippen molar-refractivity contribution in [3.8, 4) is 5.75 Å². The Balaban J connectivity index is 2.08. The summed E-state index contributed by atoms with van der Waals surface area (Å²) in [5.41, 5.74) is -0.103. The Labute approximate surface area is 108 Å². The zero-order chi connectivity index (χ0) is 14.0. The number of nitrogens with zero attached hydrogens (tertiary/aromatic N) is 1. The van der Waals surface area contributed by atoms with Crippen LogP contribution in [0.1, 0.15) is 0 Å². The molecule has 0 spiro atoms. The lowest BCUT2D eigenvalue weighted by Gasteiger charge is -2.35. The molecule has 0 bridgehead atoms. The van der Waals surface area contributed by atoms with E-state index in [0.29, 0.717) is 0 Å². The summed E-state index contributed by atoms with van der Waals surface area (Å²) < 4.78 is 10.1. The average molecular weight is 271 g/mol. The molecule has 0 aromatic heterocycles. The first-order valence-corrected chi connectivity index (χ1v) is 5.56. The van der Waals surface area contributed by atoms with Crippen LogP contribution in [0.2, 0.25) is 0 Å². The van der Waals surface area contributed by atoms with E-state index in [1.807, 2.05) is 0 Å². The van der Waals surface area contributed by atoms with Crippen LogP contribution < -0.4 is 4.74 Å². The first kappa shape index (κ1) is 13.7. The van der Waals surface area contributed by atoms with Crippen molar-refractivity contribution in [2.45, 2.75) is 24.6 Å². The van der Waals surface area contributed by atoms with Crippen molar-refractivity contribution in [2.75, 3.05) is 6.61 Å². The minimum atomic E-state index is -1.38. The van der Waals surface area contributed by atoms with Crippen LogP contribution >= 0.6 is 0 Å². The second-order valence-corrected chi connectivity index (χ2v) is 4.12. The second kappa shape index (κ2) is 5.49. The molecule has 1 aromatic rings. The van der Waals surface area contributed by atoms with Crippen LogP contribution in [0.4, 0.5) is 5.69 Å². The fourth-order valence-electron chi connectivity index (χ4n) is 1.71. The molecule has 0 saturated carbocycles. The van der Waals surface area contributed by atoms with E-state index < -0.39 is 29.5 Å². The van der Waals surface area contributed by atoms with E-state index in [1.165, 1.54) is 24.3 Å². The molecular weight excluding hydrogens is 258 g/mol. The highest BCUT2D eigenvalue weighted by Gasteiger charge is 2.39. The number of aliphatic hydroxyl groups is 3. The highest BCUT2D eigenvalue weighted by Crippen LogP contribution is 2.23. The highest BCUT2D eigenvalue weighted by molar-refractivity contribution is 5.36. The van der Waals surface area contributed by atoms with E-state index in [0.717, 1.165) is 0 Å². The number of hydrogen-bond acceptors (Lipinski definition) is 7. The number of benzene rings is 1. The molecule has 19 heavy (non-hydrogen) atoms. The molecule has 1 aromatic carbocycles. The molecule has 0 radical (unpaired) electrons. The molecule has 2 rings (SSSR count). The van der Waals surface area contributed by atoms with Gasteiger partial charge in [-0.15, -0.1) is 0 Å². The standard InChI is InChI=1S/C11H13NO7/c13-8-5-18-11(15)10(9(8)14)19-7-3-1-6(2-4-7)12(16)17/h1-4,8-11,13-15H,5H2/t8-,9+,10-,11?/m1/s1. The summed E-state index contributed by atoms with van der Waals surface area (Å²) in [4.78, 5) is 9.93. The van der Waals surface area contributed by atoms with E-state index in [-0.39, 0.29) is 18.0 Å². The quantitative estimate of drug-likeness (QED) is 0.496. The van der Waals surface area contributed by atoms with Crippen LogP contribution in [-0.2, 0) is 4.74 Å². The minimum absolute atomic E-state index is 0.103. The van der Waals surface area contributed by atoms with Crippen molar-refractivity contribution < 1.29 is 29.7 Å². The van der Waals surface area contributed by atoms with Gasteiger partial charge >= 0.3 is 0 Å². The number of nitro benzene ring substituents is 1. The Bertz CT molecular complexity index is 449. The summed E-state index contributed by atoms with van der Waals surface area (Å²) in [7, 11) is 0. The van der Waals surface area contributed by atoms with Gasteiger partial charge in [-0.1, -0.05) is 0 Å². The summed E-state index contributed by atoms with van der Waals surface area (Å²) in [5.74, 6) is 0.214. The van der Waals surface area contributed by atoms with Crippen LogP contribution in [0.3, 0.4) is 0 Å². The molecule has 4 atom stereocenters. The van der Waals surface area contributed by atoms with Crippen molar-refractivity contribution >= 4 is 5.69 Å². The maximum atomic E-state index is 10.5. The van der Waals surface area contributed by atoms with Crippen LogP contribution in [0.25, 0.3) is 0 Å². The van der Waals surface area contributed by atoms with Crippen LogP contribution in [0.15, 0.2) is 24.3 Å². The summed E-state index contributed by atoms with van der Waals surface area (Å²) >= 11 is 0. The molecule has 1 heterocycles. The zero-order valence-electron chi connectivity index (χ0n) is 9.75. The van der Waals surface area contributed by atoms with Gasteiger partial charge in [0.1, 0.15) is 18.0 Å². The first-order chi connectivity index (χ1) is 8.99. The zero-order valence-corrected chi connectivity index (χ0v) is 9.75. The molecule has 1 aliphatic rings. The van der Waals surface area contributed by atoms with Gasteiger partial charge in [0.25, 0.3) is 5.69 Å². The number of ether oxygens (including phenoxy) is 2. The van der Waals surface area contributed by atoms with E-state index in [4.69, 9.17) is 9.47 Å². The van der Waals surface area contributed by atoms with E-state index >= 15 is 0 Å². The lowest BCUT2D eigenvalue weighted by Crippen LogP contribution is -2.55. The van der Waals surface area contributed by atoms with Gasteiger partial charge in [-0.25, -0.2) is 0 Å². The summed E-state index contributed by atoms with van der Waals surface area (Å²) in [6.45, 7) is -0.192. The smallest absolute Gasteiger partial charge is 0.269 e. The van der Waals surface area contributed by atoms with Crippen LogP contribution in [0.5, 0.6) is 5.75 Å². The van der Waals surface area contributed by atoms with Crippen molar-refractivity contribution in [1.29, 1.82) is 0 Å². The minimum Gasteiger partial charge on any atom is -0.482 e. The highest BCUT2D eigenvalue weighted by atomic mass is 16.6. The Morgan fingerprint density at radius 3 is 2.47 bits per heavy atom. The van der Waals surface area contributed by atoms with Gasteiger partial charge in [0.05, 0.1) is 11.5 Å². The predicted octanol–water partition coefficient (Wildman–Crippen LogP) is -0.587. The number of rotatable bonds is 3. The Kier molecular flexibility index (Phi) is 3.96. The van der Waals surface area contributed by atoms with Gasteiger partial charge in [0.15, 0.2) is 12.4 Å². The summed E-state index contributed by atoms with van der Waals surface area (Å²) in [5, 5.41) is 39.1. The lowest BCUT2D eigenvalue weighted by molar-refractivity contribution is -0.384. The summed E-state index contributed by atoms with van der Waals surface area (Å²) in [6.07, 6.45) is -5.01.